The average Bonchev–Trinajstić information content (AvgIpc) is 3.29. The summed E-state index contributed by atoms with van der Waals surface area (Å²) in [5, 5.41) is 19.2. The Labute approximate surface area is 216 Å². The van der Waals surface area contributed by atoms with E-state index in [1.165, 1.54) is 0 Å². The quantitative estimate of drug-likeness (QED) is 0.333. The van der Waals surface area contributed by atoms with Crippen LogP contribution in [0, 0.1) is 12.3 Å². The largest absolute Gasteiger partial charge is 0.396 e. The van der Waals surface area contributed by atoms with Crippen molar-refractivity contribution in [2.75, 3.05) is 13.2 Å². The molecule has 3 aromatic heterocycles. The van der Waals surface area contributed by atoms with E-state index in [9.17, 15) is 9.90 Å². The molecule has 0 bridgehead atoms. The smallest absolute Gasteiger partial charge is 0.219 e. The summed E-state index contributed by atoms with van der Waals surface area (Å²) < 4.78 is 1.98. The molecule has 0 spiro atoms. The van der Waals surface area contributed by atoms with Crippen LogP contribution in [0.4, 0.5) is 0 Å². The molecule has 0 saturated carbocycles. The Morgan fingerprint density at radius 1 is 1.00 bits per heavy atom. The van der Waals surface area contributed by atoms with Crippen LogP contribution in [-0.4, -0.2) is 48.6 Å². The van der Waals surface area contributed by atoms with Gasteiger partial charge in [0.15, 0.2) is 5.65 Å². The lowest BCUT2D eigenvalue weighted by molar-refractivity contribution is -0.131. The van der Waals surface area contributed by atoms with Crippen molar-refractivity contribution >= 4 is 22.5 Å². The summed E-state index contributed by atoms with van der Waals surface area (Å²) in [5.41, 5.74) is 6.27. The van der Waals surface area contributed by atoms with Crippen LogP contribution in [0.15, 0.2) is 72.9 Å². The van der Waals surface area contributed by atoms with Crippen LogP contribution in [0.5, 0.6) is 0 Å². The topological polar surface area (TPSA) is 83.6 Å². The molecule has 3 heterocycles. The Morgan fingerprint density at radius 3 is 2.41 bits per heavy atom. The highest BCUT2D eigenvalue weighted by molar-refractivity contribution is 5.98. The summed E-state index contributed by atoms with van der Waals surface area (Å²) >= 11 is 0. The highest BCUT2D eigenvalue weighted by Crippen LogP contribution is 2.34. The molecular weight excluding hydrogens is 462 g/mol. The van der Waals surface area contributed by atoms with Crippen molar-refractivity contribution in [3.8, 4) is 22.4 Å². The SMILES string of the molecule is CC(=O)N(Cc1ccc(-c2nc3ccn4c(C)nnc4c3cc2-c2ccccc2)cc1)CC(C)(C)CO. The molecule has 0 aliphatic carbocycles. The van der Waals surface area contributed by atoms with Crippen molar-refractivity contribution in [3.05, 3.63) is 84.3 Å². The van der Waals surface area contributed by atoms with E-state index in [1.54, 1.807) is 11.8 Å². The molecule has 0 unspecified atom stereocenters. The van der Waals surface area contributed by atoms with E-state index in [-0.39, 0.29) is 17.9 Å². The lowest BCUT2D eigenvalue weighted by atomic mass is 9.93. The number of aliphatic hydroxyl groups excluding tert-OH is 1. The fourth-order valence-electron chi connectivity index (χ4n) is 4.60. The summed E-state index contributed by atoms with van der Waals surface area (Å²) in [6, 6.07) is 22.6. The normalized spacial score (nSPS) is 11.8. The van der Waals surface area contributed by atoms with E-state index in [0.29, 0.717) is 13.1 Å². The van der Waals surface area contributed by atoms with Gasteiger partial charge in [-0.2, -0.15) is 0 Å². The standard InChI is InChI=1S/C30H31N5O2/c1-20-32-33-29-26-16-25(23-8-6-5-7-9-23)28(31-27(26)14-15-35(20)29)24-12-10-22(11-13-24)17-34(21(2)37)18-30(3,4)19-36/h5-16,36H,17-19H2,1-4H3. The number of carbonyl (C=O) groups is 1. The van der Waals surface area contributed by atoms with Crippen LogP contribution in [0.3, 0.4) is 0 Å². The lowest BCUT2D eigenvalue weighted by Crippen LogP contribution is -2.38. The maximum Gasteiger partial charge on any atom is 0.219 e. The number of fused-ring (bicyclic) bond motifs is 3. The van der Waals surface area contributed by atoms with Gasteiger partial charge >= 0.3 is 0 Å². The zero-order chi connectivity index (χ0) is 26.2. The molecule has 0 saturated heterocycles. The Hall–Kier alpha value is -4.10. The van der Waals surface area contributed by atoms with Gasteiger partial charge in [-0.3, -0.25) is 9.20 Å². The van der Waals surface area contributed by atoms with Crippen molar-refractivity contribution in [3.63, 3.8) is 0 Å². The number of rotatable bonds is 7. The summed E-state index contributed by atoms with van der Waals surface area (Å²) in [7, 11) is 0. The maximum atomic E-state index is 12.3. The number of aliphatic hydroxyl groups is 1. The van der Waals surface area contributed by atoms with Crippen LogP contribution in [0.1, 0.15) is 32.2 Å². The van der Waals surface area contributed by atoms with E-state index in [2.05, 4.69) is 40.5 Å². The molecule has 7 nitrogen and oxygen atoms in total. The predicted molar refractivity (Wildman–Crippen MR) is 146 cm³/mol. The van der Waals surface area contributed by atoms with Gasteiger partial charge in [0, 0.05) is 54.7 Å². The first-order valence-corrected chi connectivity index (χ1v) is 12.4. The number of pyridine rings is 2. The molecule has 0 atom stereocenters. The number of amides is 1. The lowest BCUT2D eigenvalue weighted by Gasteiger charge is -2.30. The molecule has 37 heavy (non-hydrogen) atoms. The highest BCUT2D eigenvalue weighted by atomic mass is 16.3. The first-order valence-electron chi connectivity index (χ1n) is 12.4. The minimum absolute atomic E-state index is 0.0109. The van der Waals surface area contributed by atoms with Crippen LogP contribution < -0.4 is 0 Å². The van der Waals surface area contributed by atoms with Gasteiger partial charge in [0.25, 0.3) is 0 Å². The second-order valence-electron chi connectivity index (χ2n) is 10.3. The van der Waals surface area contributed by atoms with Crippen molar-refractivity contribution in [1.82, 2.24) is 24.5 Å². The number of carbonyl (C=O) groups excluding carboxylic acids is 1. The molecule has 5 rings (SSSR count). The monoisotopic (exact) mass is 493 g/mol. The number of aromatic nitrogens is 4. The first-order chi connectivity index (χ1) is 17.8. The number of benzene rings is 2. The van der Waals surface area contributed by atoms with Gasteiger partial charge < -0.3 is 10.0 Å². The second kappa shape index (κ2) is 9.75. The van der Waals surface area contributed by atoms with Gasteiger partial charge in [0.2, 0.25) is 5.91 Å². The van der Waals surface area contributed by atoms with Crippen LogP contribution >= 0.6 is 0 Å². The van der Waals surface area contributed by atoms with Crippen molar-refractivity contribution in [1.29, 1.82) is 0 Å². The van der Waals surface area contributed by atoms with Crippen LogP contribution in [0.25, 0.3) is 38.9 Å². The van der Waals surface area contributed by atoms with E-state index < -0.39 is 0 Å². The third-order valence-electron chi connectivity index (χ3n) is 6.72. The van der Waals surface area contributed by atoms with Crippen LogP contribution in [-0.2, 0) is 11.3 Å². The second-order valence-corrected chi connectivity index (χ2v) is 10.3. The van der Waals surface area contributed by atoms with Gasteiger partial charge in [0.1, 0.15) is 5.82 Å². The first kappa shape index (κ1) is 24.6. The molecule has 0 aliphatic heterocycles. The molecule has 1 N–H and O–H groups in total. The van der Waals surface area contributed by atoms with Crippen molar-refractivity contribution in [2.24, 2.45) is 5.41 Å². The maximum absolute atomic E-state index is 12.3. The molecule has 7 heteroatoms. The van der Waals surface area contributed by atoms with E-state index >= 15 is 0 Å². The molecule has 188 valence electrons. The Bertz CT molecular complexity index is 1570. The molecule has 0 radical (unpaired) electrons. The fraction of sp³-hybridized carbons (Fsp3) is 0.267. The molecule has 5 aromatic rings. The average molecular weight is 494 g/mol. The fourth-order valence-corrected chi connectivity index (χ4v) is 4.60. The molecule has 0 fully saturated rings. The summed E-state index contributed by atoms with van der Waals surface area (Å²) in [6.45, 7) is 8.41. The zero-order valence-electron chi connectivity index (χ0n) is 21.6. The molecule has 1 amide bonds. The number of hydrogen-bond donors (Lipinski definition) is 1. The number of nitrogens with zero attached hydrogens (tertiary/aromatic N) is 5. The van der Waals surface area contributed by atoms with Gasteiger partial charge in [-0.05, 0) is 30.2 Å². The van der Waals surface area contributed by atoms with Gasteiger partial charge in [0.05, 0.1) is 11.2 Å². The van der Waals surface area contributed by atoms with E-state index in [0.717, 1.165) is 50.3 Å². The van der Waals surface area contributed by atoms with Crippen molar-refractivity contribution < 1.29 is 9.90 Å². The summed E-state index contributed by atoms with van der Waals surface area (Å²) in [5.74, 6) is 0.822. The van der Waals surface area contributed by atoms with Gasteiger partial charge in [-0.1, -0.05) is 68.4 Å². The Kier molecular flexibility index (Phi) is 6.48. The Balaban J connectivity index is 1.56. The third-order valence-corrected chi connectivity index (χ3v) is 6.72. The van der Waals surface area contributed by atoms with E-state index in [1.807, 2.05) is 67.8 Å². The summed E-state index contributed by atoms with van der Waals surface area (Å²) in [4.78, 5) is 19.1. The molecular formula is C30H31N5O2. The Morgan fingerprint density at radius 2 is 1.73 bits per heavy atom. The van der Waals surface area contributed by atoms with E-state index in [4.69, 9.17) is 4.98 Å². The highest BCUT2D eigenvalue weighted by Gasteiger charge is 2.23. The number of aryl methyl sites for hydroxylation is 1. The summed E-state index contributed by atoms with van der Waals surface area (Å²) in [6.07, 6.45) is 1.96. The number of hydrogen-bond acceptors (Lipinski definition) is 5. The van der Waals surface area contributed by atoms with Crippen LogP contribution in [0.2, 0.25) is 0 Å². The van der Waals surface area contributed by atoms with Crippen molar-refractivity contribution in [2.45, 2.75) is 34.2 Å². The molecule has 2 aromatic carbocycles. The minimum Gasteiger partial charge on any atom is -0.396 e. The zero-order valence-corrected chi connectivity index (χ0v) is 21.6. The third kappa shape index (κ3) is 4.95. The minimum atomic E-state index is -0.362. The predicted octanol–water partition coefficient (Wildman–Crippen LogP) is 5.29. The van der Waals surface area contributed by atoms with Gasteiger partial charge in [-0.25, -0.2) is 4.98 Å². The molecule has 0 aliphatic rings. The van der Waals surface area contributed by atoms with Gasteiger partial charge in [-0.15, -0.1) is 10.2 Å².